The van der Waals surface area contributed by atoms with Crippen molar-refractivity contribution in [2.75, 3.05) is 0 Å². The number of rotatable bonds is 8. The Morgan fingerprint density at radius 2 is 1.11 bits per heavy atom. The van der Waals surface area contributed by atoms with Gasteiger partial charge in [0.25, 0.3) is 0 Å². The lowest BCUT2D eigenvalue weighted by Gasteiger charge is -2.38. The van der Waals surface area contributed by atoms with Crippen LogP contribution in [0, 0.1) is 35.5 Å². The molecule has 0 radical (unpaired) electrons. The van der Waals surface area contributed by atoms with E-state index in [1.165, 1.54) is 64.2 Å². The monoisotopic (exact) mass is 384 g/mol. The first-order valence-corrected chi connectivity index (χ1v) is 13.1. The van der Waals surface area contributed by atoms with Crippen LogP contribution in [0.15, 0.2) is 24.3 Å². The average Bonchev–Trinajstić information content (AvgIpc) is 2.74. The van der Waals surface area contributed by atoms with E-state index >= 15 is 0 Å². The van der Waals surface area contributed by atoms with E-state index in [4.69, 9.17) is 0 Å². The van der Waals surface area contributed by atoms with Crippen LogP contribution >= 0.6 is 0 Å². The number of hydrogen-bond donors (Lipinski definition) is 0. The molecule has 0 aliphatic heterocycles. The molecule has 28 heavy (non-hydrogen) atoms. The Morgan fingerprint density at radius 1 is 0.607 bits per heavy atom. The molecule has 160 valence electrons. The number of allylic oxidation sites excluding steroid dienone is 4. The highest BCUT2D eigenvalue weighted by molar-refractivity contribution is 4.95. The van der Waals surface area contributed by atoms with E-state index in [0.29, 0.717) is 0 Å². The molecular weight excluding hydrogens is 336 g/mol. The molecule has 0 heterocycles. The normalized spacial score (nSPS) is 37.6. The third kappa shape index (κ3) is 7.07. The molecule has 0 nitrogen and oxygen atoms in total. The Labute approximate surface area is 176 Å². The Bertz CT molecular complexity index is 448. The molecule has 0 saturated heterocycles. The second-order valence-corrected chi connectivity index (χ2v) is 10.6. The van der Waals surface area contributed by atoms with Gasteiger partial charge in [-0.2, -0.15) is 0 Å². The summed E-state index contributed by atoms with van der Waals surface area (Å²) in [7, 11) is 0. The van der Waals surface area contributed by atoms with Crippen molar-refractivity contribution in [1.82, 2.24) is 0 Å². The molecule has 0 aromatic rings. The van der Waals surface area contributed by atoms with Gasteiger partial charge < -0.3 is 0 Å². The quantitative estimate of drug-likeness (QED) is 0.366. The van der Waals surface area contributed by atoms with Crippen molar-refractivity contribution in [1.29, 1.82) is 0 Å². The van der Waals surface area contributed by atoms with Gasteiger partial charge in [-0.05, 0) is 107 Å². The molecule has 0 aromatic heterocycles. The van der Waals surface area contributed by atoms with Gasteiger partial charge >= 0.3 is 0 Å². The molecule has 0 N–H and O–H groups in total. The van der Waals surface area contributed by atoms with Crippen molar-refractivity contribution < 1.29 is 0 Å². The summed E-state index contributed by atoms with van der Waals surface area (Å²) in [5.74, 6) is 6.02. The molecule has 3 rings (SSSR count). The maximum Gasteiger partial charge on any atom is -0.0233 e. The molecule has 3 aliphatic carbocycles. The third-order valence-electron chi connectivity index (χ3n) is 8.58. The second-order valence-electron chi connectivity index (χ2n) is 10.6. The average molecular weight is 385 g/mol. The van der Waals surface area contributed by atoms with Crippen molar-refractivity contribution in [2.24, 2.45) is 35.5 Å². The summed E-state index contributed by atoms with van der Waals surface area (Å²) in [5, 5.41) is 0. The van der Waals surface area contributed by atoms with Gasteiger partial charge in [-0.25, -0.2) is 0 Å². The summed E-state index contributed by atoms with van der Waals surface area (Å²) in [6.45, 7) is 4.52. The van der Waals surface area contributed by atoms with Crippen molar-refractivity contribution >= 4 is 0 Å². The minimum Gasteiger partial charge on any atom is -0.0914 e. The summed E-state index contributed by atoms with van der Waals surface area (Å²) in [5.41, 5.74) is 0. The highest BCUT2D eigenvalue weighted by atomic mass is 14.4. The van der Waals surface area contributed by atoms with Crippen molar-refractivity contribution in [3.63, 3.8) is 0 Å². The van der Waals surface area contributed by atoms with E-state index in [9.17, 15) is 0 Å². The summed E-state index contributed by atoms with van der Waals surface area (Å²) < 4.78 is 0. The lowest BCUT2D eigenvalue weighted by atomic mass is 9.68. The van der Waals surface area contributed by atoms with Crippen LogP contribution in [0.4, 0.5) is 0 Å². The molecule has 0 amide bonds. The SMILES string of the molecule is CC=C[C@H]1CC[C@H](C=CCC[C@H]2CC[C@H]([C@H]3CC[C@H](CCC)CC3)CC2)CC1. The standard InChI is InChI=1S/C28H48/c1-3-7-23-11-13-25(14-12-23)9-5-6-10-26-17-21-28(22-18-26)27-19-15-24(8-4-2)16-20-27/h3,5,7,9,23-28H,4,6,8,10-22H2,1-2H3/t23-,24-,25-,26-,27-,28-. The van der Waals surface area contributed by atoms with E-state index in [2.05, 4.69) is 38.2 Å². The van der Waals surface area contributed by atoms with Gasteiger partial charge in [0.2, 0.25) is 0 Å². The van der Waals surface area contributed by atoms with E-state index < -0.39 is 0 Å². The Balaban J connectivity index is 1.26. The first-order chi connectivity index (χ1) is 13.8. The molecule has 0 heteroatoms. The number of hydrogen-bond acceptors (Lipinski definition) is 0. The first-order valence-electron chi connectivity index (χ1n) is 13.1. The Morgan fingerprint density at radius 3 is 1.61 bits per heavy atom. The van der Waals surface area contributed by atoms with Crippen LogP contribution in [0.25, 0.3) is 0 Å². The maximum atomic E-state index is 2.58. The highest BCUT2D eigenvalue weighted by Gasteiger charge is 2.30. The van der Waals surface area contributed by atoms with Crippen LogP contribution in [0.3, 0.4) is 0 Å². The maximum absolute atomic E-state index is 2.58. The van der Waals surface area contributed by atoms with Crippen LogP contribution < -0.4 is 0 Å². The lowest BCUT2D eigenvalue weighted by molar-refractivity contribution is 0.141. The van der Waals surface area contributed by atoms with Gasteiger partial charge in [0, 0.05) is 0 Å². The summed E-state index contributed by atoms with van der Waals surface area (Å²) in [6, 6.07) is 0. The van der Waals surface area contributed by atoms with Gasteiger partial charge in [-0.1, -0.05) is 69.8 Å². The highest BCUT2D eigenvalue weighted by Crippen LogP contribution is 2.43. The smallest absolute Gasteiger partial charge is 0.0233 e. The van der Waals surface area contributed by atoms with Crippen LogP contribution in [-0.4, -0.2) is 0 Å². The van der Waals surface area contributed by atoms with E-state index in [1.807, 2.05) is 0 Å². The fourth-order valence-electron chi connectivity index (χ4n) is 6.73. The Hall–Kier alpha value is -0.520. The fraction of sp³-hybridized carbons (Fsp3) is 0.857. The molecule has 3 aliphatic rings. The molecule has 0 unspecified atom stereocenters. The van der Waals surface area contributed by atoms with E-state index in [0.717, 1.165) is 35.5 Å². The molecular formula is C28H48. The Kier molecular flexibility index (Phi) is 9.69. The van der Waals surface area contributed by atoms with E-state index in [1.54, 1.807) is 38.5 Å². The van der Waals surface area contributed by atoms with Gasteiger partial charge in [0.1, 0.15) is 0 Å². The van der Waals surface area contributed by atoms with Crippen molar-refractivity contribution in [3.05, 3.63) is 24.3 Å². The third-order valence-corrected chi connectivity index (χ3v) is 8.58. The zero-order valence-corrected chi connectivity index (χ0v) is 19.1. The molecule has 0 atom stereocenters. The minimum atomic E-state index is 0.867. The van der Waals surface area contributed by atoms with E-state index in [-0.39, 0.29) is 0 Å². The molecule has 3 saturated carbocycles. The van der Waals surface area contributed by atoms with Gasteiger partial charge in [-0.15, -0.1) is 0 Å². The molecule has 0 aromatic carbocycles. The lowest BCUT2D eigenvalue weighted by Crippen LogP contribution is -2.25. The topological polar surface area (TPSA) is 0 Å². The van der Waals surface area contributed by atoms with Crippen LogP contribution in [0.2, 0.25) is 0 Å². The largest absolute Gasteiger partial charge is 0.0914 e. The predicted molar refractivity (Wildman–Crippen MR) is 124 cm³/mol. The molecule has 0 spiro atoms. The minimum absolute atomic E-state index is 0.867. The van der Waals surface area contributed by atoms with Gasteiger partial charge in [0.05, 0.1) is 0 Å². The first kappa shape index (κ1) is 22.2. The zero-order chi connectivity index (χ0) is 19.6. The summed E-state index contributed by atoms with van der Waals surface area (Å²) in [6.07, 6.45) is 33.5. The molecule has 3 fully saturated rings. The van der Waals surface area contributed by atoms with Crippen molar-refractivity contribution in [2.45, 2.75) is 117 Å². The molecule has 0 bridgehead atoms. The predicted octanol–water partition coefficient (Wildman–Crippen LogP) is 9.12. The van der Waals surface area contributed by atoms with Gasteiger partial charge in [0.15, 0.2) is 0 Å². The summed E-state index contributed by atoms with van der Waals surface area (Å²) >= 11 is 0. The fourth-order valence-corrected chi connectivity index (χ4v) is 6.73. The zero-order valence-electron chi connectivity index (χ0n) is 19.1. The van der Waals surface area contributed by atoms with Crippen molar-refractivity contribution in [3.8, 4) is 0 Å². The van der Waals surface area contributed by atoms with Crippen LogP contribution in [0.5, 0.6) is 0 Å². The summed E-state index contributed by atoms with van der Waals surface area (Å²) in [4.78, 5) is 0. The van der Waals surface area contributed by atoms with Gasteiger partial charge in [-0.3, -0.25) is 0 Å². The van der Waals surface area contributed by atoms with Crippen LogP contribution in [-0.2, 0) is 0 Å². The van der Waals surface area contributed by atoms with Crippen LogP contribution in [0.1, 0.15) is 117 Å². The second kappa shape index (κ2) is 12.2.